The highest BCUT2D eigenvalue weighted by atomic mass is 79.9. The molecule has 0 spiro atoms. The van der Waals surface area contributed by atoms with E-state index in [-0.39, 0.29) is 18.2 Å². The van der Waals surface area contributed by atoms with E-state index in [1.807, 2.05) is 6.07 Å². The number of alkyl halides is 1. The van der Waals surface area contributed by atoms with Gasteiger partial charge in [-0.1, -0.05) is 39.7 Å². The zero-order valence-electron chi connectivity index (χ0n) is 10.8. The third-order valence-corrected chi connectivity index (χ3v) is 3.65. The summed E-state index contributed by atoms with van der Waals surface area (Å²) in [6, 6.07) is 10.1. The minimum absolute atomic E-state index is 0.185. The van der Waals surface area contributed by atoms with Crippen LogP contribution in [0, 0.1) is 5.82 Å². The van der Waals surface area contributed by atoms with Crippen LogP contribution in [0.25, 0.3) is 0 Å². The topological polar surface area (TPSA) is 18.5 Å². The lowest BCUT2D eigenvalue weighted by atomic mass is 10.2. The molecule has 0 N–H and O–H groups in total. The lowest BCUT2D eigenvalue weighted by Crippen LogP contribution is -2.02. The second kappa shape index (κ2) is 6.95. The van der Waals surface area contributed by atoms with Crippen LogP contribution in [0.3, 0.4) is 0 Å². The molecule has 106 valence electrons. The lowest BCUT2D eigenvalue weighted by Gasteiger charge is -2.13. The summed E-state index contributed by atoms with van der Waals surface area (Å²) in [5.74, 6) is 0.514. The van der Waals surface area contributed by atoms with E-state index in [1.54, 1.807) is 31.4 Å². The molecule has 0 radical (unpaired) electrons. The maximum atomic E-state index is 13.8. The summed E-state index contributed by atoms with van der Waals surface area (Å²) in [5, 5.41) is 1.10. The predicted octanol–water partition coefficient (Wildman–Crippen LogP) is 4.96. The number of rotatable bonds is 5. The highest BCUT2D eigenvalue weighted by Gasteiger charge is 2.11. The number of benzene rings is 2. The molecule has 2 rings (SSSR count). The molecule has 0 aromatic heterocycles. The quantitative estimate of drug-likeness (QED) is 0.702. The number of hydrogen-bond donors (Lipinski definition) is 0. The van der Waals surface area contributed by atoms with Crippen molar-refractivity contribution < 1.29 is 13.9 Å². The summed E-state index contributed by atoms with van der Waals surface area (Å²) in [6.07, 6.45) is 0. The highest BCUT2D eigenvalue weighted by Crippen LogP contribution is 2.28. The van der Waals surface area contributed by atoms with Crippen molar-refractivity contribution in [2.75, 3.05) is 7.11 Å². The SMILES string of the molecule is COc1ccc(Cl)cc1COc1c(F)cccc1CBr. The van der Waals surface area contributed by atoms with Crippen molar-refractivity contribution in [2.24, 2.45) is 0 Å². The molecule has 0 unspecified atom stereocenters. The monoisotopic (exact) mass is 358 g/mol. The van der Waals surface area contributed by atoms with E-state index < -0.39 is 0 Å². The van der Waals surface area contributed by atoms with Crippen LogP contribution in [0.5, 0.6) is 11.5 Å². The van der Waals surface area contributed by atoms with Crippen molar-refractivity contribution in [3.63, 3.8) is 0 Å². The van der Waals surface area contributed by atoms with E-state index in [0.717, 1.165) is 11.1 Å². The number of methoxy groups -OCH3 is 1. The van der Waals surface area contributed by atoms with Crippen molar-refractivity contribution in [2.45, 2.75) is 11.9 Å². The van der Waals surface area contributed by atoms with Gasteiger partial charge in [0.2, 0.25) is 0 Å². The Bertz CT molecular complexity index is 604. The number of para-hydroxylation sites is 1. The molecule has 2 aromatic carbocycles. The molecule has 0 atom stereocenters. The Kier molecular flexibility index (Phi) is 5.26. The van der Waals surface area contributed by atoms with E-state index in [9.17, 15) is 4.39 Å². The molecule has 0 aliphatic heterocycles. The van der Waals surface area contributed by atoms with Crippen molar-refractivity contribution in [1.29, 1.82) is 0 Å². The van der Waals surface area contributed by atoms with Crippen LogP contribution in [-0.2, 0) is 11.9 Å². The third kappa shape index (κ3) is 3.44. The second-order valence-electron chi connectivity index (χ2n) is 4.11. The summed E-state index contributed by atoms with van der Waals surface area (Å²) < 4.78 is 24.6. The first-order chi connectivity index (χ1) is 9.65. The van der Waals surface area contributed by atoms with Crippen LogP contribution in [-0.4, -0.2) is 7.11 Å². The van der Waals surface area contributed by atoms with Gasteiger partial charge in [-0.25, -0.2) is 4.39 Å². The first-order valence-electron chi connectivity index (χ1n) is 5.94. The average molecular weight is 360 g/mol. The van der Waals surface area contributed by atoms with Gasteiger partial charge >= 0.3 is 0 Å². The first kappa shape index (κ1) is 15.1. The van der Waals surface area contributed by atoms with Crippen LogP contribution in [0.4, 0.5) is 4.39 Å². The summed E-state index contributed by atoms with van der Waals surface area (Å²) in [4.78, 5) is 0. The Hall–Kier alpha value is -1.26. The minimum atomic E-state index is -0.386. The van der Waals surface area contributed by atoms with Crippen molar-refractivity contribution in [1.82, 2.24) is 0 Å². The fourth-order valence-electron chi connectivity index (χ4n) is 1.83. The fourth-order valence-corrected chi connectivity index (χ4v) is 2.47. The van der Waals surface area contributed by atoms with Crippen LogP contribution in [0.1, 0.15) is 11.1 Å². The van der Waals surface area contributed by atoms with Gasteiger partial charge in [-0.05, 0) is 24.3 Å². The van der Waals surface area contributed by atoms with E-state index >= 15 is 0 Å². The molecule has 0 heterocycles. The Morgan fingerprint density at radius 3 is 2.70 bits per heavy atom. The molecular formula is C15H13BrClFO2. The zero-order chi connectivity index (χ0) is 14.5. The van der Waals surface area contributed by atoms with E-state index in [0.29, 0.717) is 16.1 Å². The van der Waals surface area contributed by atoms with Gasteiger partial charge in [0.05, 0.1) is 7.11 Å². The molecule has 0 aliphatic rings. The van der Waals surface area contributed by atoms with Crippen LogP contribution < -0.4 is 9.47 Å². The molecule has 5 heteroatoms. The largest absolute Gasteiger partial charge is 0.496 e. The van der Waals surface area contributed by atoms with Gasteiger partial charge in [0.15, 0.2) is 11.6 Å². The molecule has 0 fully saturated rings. The molecule has 0 aliphatic carbocycles. The fraction of sp³-hybridized carbons (Fsp3) is 0.200. The smallest absolute Gasteiger partial charge is 0.165 e. The van der Waals surface area contributed by atoms with E-state index in [2.05, 4.69) is 15.9 Å². The minimum Gasteiger partial charge on any atom is -0.496 e. The standard InChI is InChI=1S/C15H13BrClFO2/c1-19-14-6-5-12(17)7-11(14)9-20-15-10(8-16)3-2-4-13(15)18/h2-7H,8-9H2,1H3. The lowest BCUT2D eigenvalue weighted by molar-refractivity contribution is 0.280. The zero-order valence-corrected chi connectivity index (χ0v) is 13.2. The van der Waals surface area contributed by atoms with Crippen LogP contribution in [0.15, 0.2) is 36.4 Å². The third-order valence-electron chi connectivity index (χ3n) is 2.81. The Morgan fingerprint density at radius 2 is 2.00 bits per heavy atom. The Balaban J connectivity index is 2.23. The Labute approximate surface area is 130 Å². The highest BCUT2D eigenvalue weighted by molar-refractivity contribution is 9.08. The van der Waals surface area contributed by atoms with Gasteiger partial charge in [0.25, 0.3) is 0 Å². The summed E-state index contributed by atoms with van der Waals surface area (Å²) in [5.41, 5.74) is 1.52. The maximum Gasteiger partial charge on any atom is 0.165 e. The molecule has 2 nitrogen and oxygen atoms in total. The van der Waals surface area contributed by atoms with Gasteiger partial charge in [0.1, 0.15) is 12.4 Å². The van der Waals surface area contributed by atoms with Gasteiger partial charge < -0.3 is 9.47 Å². The van der Waals surface area contributed by atoms with Gasteiger partial charge in [-0.15, -0.1) is 0 Å². The normalized spacial score (nSPS) is 10.4. The number of hydrogen-bond acceptors (Lipinski definition) is 2. The summed E-state index contributed by atoms with van der Waals surface area (Å²) in [6.45, 7) is 0.185. The molecule has 0 amide bonds. The van der Waals surface area contributed by atoms with Crippen LogP contribution >= 0.6 is 27.5 Å². The van der Waals surface area contributed by atoms with Crippen LogP contribution in [0.2, 0.25) is 5.02 Å². The average Bonchev–Trinajstić information content (AvgIpc) is 2.46. The van der Waals surface area contributed by atoms with Gasteiger partial charge in [-0.3, -0.25) is 0 Å². The molecule has 0 saturated carbocycles. The molecular weight excluding hydrogens is 347 g/mol. The van der Waals surface area contributed by atoms with E-state index in [4.69, 9.17) is 21.1 Å². The maximum absolute atomic E-state index is 13.8. The van der Waals surface area contributed by atoms with E-state index in [1.165, 1.54) is 6.07 Å². The second-order valence-corrected chi connectivity index (χ2v) is 5.10. The van der Waals surface area contributed by atoms with Crippen molar-refractivity contribution >= 4 is 27.5 Å². The predicted molar refractivity (Wildman–Crippen MR) is 81.4 cm³/mol. The molecule has 20 heavy (non-hydrogen) atoms. The summed E-state index contributed by atoms with van der Waals surface area (Å²) >= 11 is 9.27. The summed E-state index contributed by atoms with van der Waals surface area (Å²) in [7, 11) is 1.57. The number of halogens is 3. The molecule has 2 aromatic rings. The Morgan fingerprint density at radius 1 is 1.20 bits per heavy atom. The van der Waals surface area contributed by atoms with Gasteiger partial charge in [0, 0.05) is 21.5 Å². The number of ether oxygens (including phenoxy) is 2. The van der Waals surface area contributed by atoms with Gasteiger partial charge in [-0.2, -0.15) is 0 Å². The first-order valence-corrected chi connectivity index (χ1v) is 7.44. The molecule has 0 saturated heterocycles. The molecule has 0 bridgehead atoms. The van der Waals surface area contributed by atoms with Crippen molar-refractivity contribution in [3.8, 4) is 11.5 Å². The van der Waals surface area contributed by atoms with Crippen molar-refractivity contribution in [3.05, 3.63) is 58.4 Å².